The molecular formula is C23H30BrN5. The van der Waals surface area contributed by atoms with Crippen LogP contribution in [-0.2, 0) is 6.54 Å². The molecule has 29 heavy (non-hydrogen) atoms. The van der Waals surface area contributed by atoms with Crippen molar-refractivity contribution in [1.29, 1.82) is 0 Å². The Hall–Kier alpha value is -1.89. The summed E-state index contributed by atoms with van der Waals surface area (Å²) in [6, 6.07) is 14.8. The molecule has 0 amide bonds. The number of guanidine groups is 1. The number of aliphatic imine (C=N–C) groups is 1. The van der Waals surface area contributed by atoms with Gasteiger partial charge in [0.1, 0.15) is 5.66 Å². The van der Waals surface area contributed by atoms with Gasteiger partial charge >= 0.3 is 0 Å². The Morgan fingerprint density at radius 1 is 1.03 bits per heavy atom. The minimum absolute atomic E-state index is 0.597. The van der Waals surface area contributed by atoms with Crippen molar-refractivity contribution in [3.63, 3.8) is 0 Å². The molecule has 0 aromatic heterocycles. The molecule has 5 nitrogen and oxygen atoms in total. The summed E-state index contributed by atoms with van der Waals surface area (Å²) in [5, 5.41) is 9.15. The van der Waals surface area contributed by atoms with Crippen LogP contribution in [0.4, 0.5) is 0 Å². The van der Waals surface area contributed by atoms with Gasteiger partial charge < -0.3 is 22.1 Å². The monoisotopic (exact) mass is 455 g/mol. The topological polar surface area (TPSA) is 88.5 Å². The molecule has 0 radical (unpaired) electrons. The van der Waals surface area contributed by atoms with Gasteiger partial charge in [0.15, 0.2) is 5.96 Å². The Morgan fingerprint density at radius 3 is 2.55 bits per heavy atom. The predicted octanol–water partition coefficient (Wildman–Crippen LogP) is 3.94. The summed E-state index contributed by atoms with van der Waals surface area (Å²) in [6.45, 7) is 1.40. The Bertz CT molecular complexity index is 911. The molecule has 4 rings (SSSR count). The molecule has 1 unspecified atom stereocenters. The number of rotatable bonds is 5. The molecule has 1 aliphatic carbocycles. The quantitative estimate of drug-likeness (QED) is 0.549. The Balaban J connectivity index is 1.45. The standard InChI is InChI=1S/C23H30BrN5/c24-21-15-28-22(27-14-19-6-3-5-18-4-1-2-7-20(18)19)29-23(21,26)12-16-8-10-17(13-25)11-9-16/h1-7,15-17H,8-14,25-26H2,(H2,27,28,29). The Kier molecular flexibility index (Phi) is 6.23. The summed E-state index contributed by atoms with van der Waals surface area (Å²) in [7, 11) is 0. The summed E-state index contributed by atoms with van der Waals surface area (Å²) < 4.78 is 0.940. The summed E-state index contributed by atoms with van der Waals surface area (Å²) in [6.07, 6.45) is 7.61. The van der Waals surface area contributed by atoms with Crippen LogP contribution in [0.5, 0.6) is 0 Å². The molecule has 1 aliphatic heterocycles. The van der Waals surface area contributed by atoms with Gasteiger partial charge in [0.2, 0.25) is 0 Å². The number of benzene rings is 2. The van der Waals surface area contributed by atoms with E-state index in [0.29, 0.717) is 18.4 Å². The van der Waals surface area contributed by atoms with Crippen LogP contribution in [-0.4, -0.2) is 18.2 Å². The first-order valence-corrected chi connectivity index (χ1v) is 11.3. The maximum atomic E-state index is 6.78. The second kappa shape index (κ2) is 8.86. The highest BCUT2D eigenvalue weighted by Gasteiger charge is 2.36. The van der Waals surface area contributed by atoms with Gasteiger partial charge in [-0.1, -0.05) is 42.5 Å². The third-order valence-electron chi connectivity index (χ3n) is 6.30. The van der Waals surface area contributed by atoms with Crippen LogP contribution < -0.4 is 22.1 Å². The highest BCUT2D eigenvalue weighted by molar-refractivity contribution is 9.11. The summed E-state index contributed by atoms with van der Waals surface area (Å²) in [5.74, 6) is 2.01. The third kappa shape index (κ3) is 4.65. The molecule has 0 spiro atoms. The fraction of sp³-hybridized carbons (Fsp3) is 0.435. The molecule has 1 fully saturated rings. The smallest absolute Gasteiger partial charge is 0.197 e. The van der Waals surface area contributed by atoms with Crippen molar-refractivity contribution in [2.45, 2.75) is 44.3 Å². The molecule has 1 atom stereocenters. The lowest BCUT2D eigenvalue weighted by Gasteiger charge is -2.39. The van der Waals surface area contributed by atoms with Crippen molar-refractivity contribution in [2.24, 2.45) is 28.3 Å². The minimum Gasteiger partial charge on any atom is -0.334 e. The Labute approximate surface area is 181 Å². The van der Waals surface area contributed by atoms with Crippen LogP contribution in [0.15, 0.2) is 58.1 Å². The van der Waals surface area contributed by atoms with Crippen LogP contribution in [0.2, 0.25) is 0 Å². The highest BCUT2D eigenvalue weighted by atomic mass is 79.9. The molecule has 0 saturated heterocycles. The van der Waals surface area contributed by atoms with E-state index in [9.17, 15) is 0 Å². The number of nitrogens with two attached hydrogens (primary N) is 2. The molecule has 2 aromatic carbocycles. The number of nitrogens with zero attached hydrogens (tertiary/aromatic N) is 1. The van der Waals surface area contributed by atoms with E-state index in [1.165, 1.54) is 42.0 Å². The number of hydrogen-bond donors (Lipinski definition) is 4. The first-order valence-electron chi connectivity index (χ1n) is 10.5. The van der Waals surface area contributed by atoms with Gasteiger partial charge in [-0.15, -0.1) is 0 Å². The lowest BCUT2D eigenvalue weighted by Crippen LogP contribution is -2.62. The molecule has 2 aromatic rings. The van der Waals surface area contributed by atoms with Crippen molar-refractivity contribution in [3.8, 4) is 0 Å². The van der Waals surface area contributed by atoms with Gasteiger partial charge in [-0.25, -0.2) is 4.99 Å². The summed E-state index contributed by atoms with van der Waals surface area (Å²) >= 11 is 3.66. The zero-order chi connectivity index (χ0) is 20.3. The predicted molar refractivity (Wildman–Crippen MR) is 124 cm³/mol. The average molecular weight is 456 g/mol. The van der Waals surface area contributed by atoms with Crippen molar-refractivity contribution < 1.29 is 0 Å². The van der Waals surface area contributed by atoms with E-state index in [1.54, 1.807) is 0 Å². The molecule has 154 valence electrons. The zero-order valence-corrected chi connectivity index (χ0v) is 18.3. The molecule has 1 heterocycles. The molecule has 0 bridgehead atoms. The SMILES string of the molecule is NCC1CCC(CC2(N)NC(=NCc3cccc4ccccc34)NC=C2Br)CC1. The zero-order valence-electron chi connectivity index (χ0n) is 16.7. The first-order chi connectivity index (χ1) is 14.1. The van der Waals surface area contributed by atoms with Crippen molar-refractivity contribution in [1.82, 2.24) is 10.6 Å². The van der Waals surface area contributed by atoms with Crippen molar-refractivity contribution >= 4 is 32.7 Å². The van der Waals surface area contributed by atoms with E-state index in [1.807, 2.05) is 6.20 Å². The molecule has 1 saturated carbocycles. The first kappa shape index (κ1) is 20.4. The van der Waals surface area contributed by atoms with E-state index in [-0.39, 0.29) is 0 Å². The molecule has 6 heteroatoms. The lowest BCUT2D eigenvalue weighted by molar-refractivity contribution is 0.230. The number of halogens is 1. The minimum atomic E-state index is -0.622. The summed E-state index contributed by atoms with van der Waals surface area (Å²) in [5.41, 5.74) is 13.2. The molecule has 2 aliphatic rings. The maximum absolute atomic E-state index is 6.78. The molecule has 6 N–H and O–H groups in total. The van der Waals surface area contributed by atoms with Gasteiger partial charge in [-0.3, -0.25) is 0 Å². The number of hydrogen-bond acceptors (Lipinski definition) is 3. The maximum Gasteiger partial charge on any atom is 0.197 e. The van der Waals surface area contributed by atoms with E-state index < -0.39 is 5.66 Å². The highest BCUT2D eigenvalue weighted by Crippen LogP contribution is 2.35. The Morgan fingerprint density at radius 2 is 1.76 bits per heavy atom. The van der Waals surface area contributed by atoms with Crippen molar-refractivity contribution in [2.75, 3.05) is 6.54 Å². The average Bonchev–Trinajstić information content (AvgIpc) is 2.75. The number of nitrogens with one attached hydrogen (secondary N) is 2. The van der Waals surface area contributed by atoms with Gasteiger partial charge in [-0.05, 0) is 82.8 Å². The van der Waals surface area contributed by atoms with Crippen LogP contribution in [0.25, 0.3) is 10.8 Å². The molecular weight excluding hydrogens is 426 g/mol. The number of fused-ring (bicyclic) bond motifs is 1. The van der Waals surface area contributed by atoms with E-state index in [4.69, 9.17) is 16.5 Å². The van der Waals surface area contributed by atoms with Gasteiger partial charge in [-0.2, -0.15) is 0 Å². The van der Waals surface area contributed by atoms with E-state index in [0.717, 1.165) is 23.4 Å². The second-order valence-corrected chi connectivity index (χ2v) is 9.22. The van der Waals surface area contributed by atoms with Crippen LogP contribution in [0.3, 0.4) is 0 Å². The largest absolute Gasteiger partial charge is 0.334 e. The fourth-order valence-electron chi connectivity index (χ4n) is 4.52. The van der Waals surface area contributed by atoms with Crippen LogP contribution in [0.1, 0.15) is 37.7 Å². The van der Waals surface area contributed by atoms with Gasteiger partial charge in [0, 0.05) is 6.20 Å². The second-order valence-electron chi connectivity index (χ2n) is 8.36. The van der Waals surface area contributed by atoms with Gasteiger partial charge in [0.05, 0.1) is 11.0 Å². The third-order valence-corrected chi connectivity index (χ3v) is 7.24. The van der Waals surface area contributed by atoms with Crippen LogP contribution in [0, 0.1) is 11.8 Å². The van der Waals surface area contributed by atoms with Gasteiger partial charge in [0.25, 0.3) is 0 Å². The lowest BCUT2D eigenvalue weighted by atomic mass is 9.78. The summed E-state index contributed by atoms with van der Waals surface area (Å²) in [4.78, 5) is 4.78. The van der Waals surface area contributed by atoms with E-state index >= 15 is 0 Å². The fourth-order valence-corrected chi connectivity index (χ4v) is 4.90. The normalized spacial score (nSPS) is 28.7. The van der Waals surface area contributed by atoms with Crippen LogP contribution >= 0.6 is 15.9 Å². The van der Waals surface area contributed by atoms with E-state index in [2.05, 4.69) is 69.0 Å². The van der Waals surface area contributed by atoms with Crippen molar-refractivity contribution in [3.05, 3.63) is 58.7 Å².